The quantitative estimate of drug-likeness (QED) is 0.901. The second-order valence-corrected chi connectivity index (χ2v) is 5.12. The average molecular weight is 258 g/mol. The van der Waals surface area contributed by atoms with Crippen molar-refractivity contribution in [1.29, 1.82) is 0 Å². The number of hydrogen-bond acceptors (Lipinski definition) is 2. The van der Waals surface area contributed by atoms with Crippen LogP contribution in [0.3, 0.4) is 0 Å². The summed E-state index contributed by atoms with van der Waals surface area (Å²) in [6.07, 6.45) is 2.45. The summed E-state index contributed by atoms with van der Waals surface area (Å²) >= 11 is 0. The SMILES string of the molecule is CCCn1nccc1C(O)C1CCC(F)(F)CC1. The van der Waals surface area contributed by atoms with Crippen LogP contribution < -0.4 is 0 Å². The molecule has 1 aromatic heterocycles. The number of aliphatic hydroxyl groups is 1. The Morgan fingerprint density at radius 1 is 1.50 bits per heavy atom. The molecule has 18 heavy (non-hydrogen) atoms. The number of halogens is 2. The zero-order valence-electron chi connectivity index (χ0n) is 10.6. The van der Waals surface area contributed by atoms with E-state index in [0.29, 0.717) is 12.8 Å². The largest absolute Gasteiger partial charge is 0.387 e. The Kier molecular flexibility index (Phi) is 4.00. The Morgan fingerprint density at radius 2 is 2.17 bits per heavy atom. The molecule has 2 rings (SSSR count). The summed E-state index contributed by atoms with van der Waals surface area (Å²) in [7, 11) is 0. The number of hydrogen-bond donors (Lipinski definition) is 1. The Hall–Kier alpha value is -0.970. The van der Waals surface area contributed by atoms with Crippen LogP contribution in [0.4, 0.5) is 8.78 Å². The molecule has 1 heterocycles. The monoisotopic (exact) mass is 258 g/mol. The first-order valence-corrected chi connectivity index (χ1v) is 6.61. The first-order valence-electron chi connectivity index (χ1n) is 6.61. The highest BCUT2D eigenvalue weighted by molar-refractivity contribution is 5.06. The summed E-state index contributed by atoms with van der Waals surface area (Å²) in [5, 5.41) is 14.5. The van der Waals surface area contributed by atoms with Gasteiger partial charge < -0.3 is 5.11 Å². The van der Waals surface area contributed by atoms with Gasteiger partial charge in [0, 0.05) is 25.6 Å². The molecule has 1 atom stereocenters. The minimum Gasteiger partial charge on any atom is -0.387 e. The maximum Gasteiger partial charge on any atom is 0.248 e. The molecule has 0 aliphatic heterocycles. The van der Waals surface area contributed by atoms with Crippen LogP contribution in [0.1, 0.15) is 50.8 Å². The average Bonchev–Trinajstić information content (AvgIpc) is 2.77. The Bertz CT molecular complexity index is 382. The number of aromatic nitrogens is 2. The van der Waals surface area contributed by atoms with Gasteiger partial charge >= 0.3 is 0 Å². The molecule has 1 aliphatic rings. The van der Waals surface area contributed by atoms with Crippen molar-refractivity contribution in [2.24, 2.45) is 5.92 Å². The van der Waals surface area contributed by atoms with E-state index in [4.69, 9.17) is 0 Å². The van der Waals surface area contributed by atoms with E-state index in [0.717, 1.165) is 18.7 Å². The fourth-order valence-corrected chi connectivity index (χ4v) is 2.61. The molecule has 0 saturated heterocycles. The lowest BCUT2D eigenvalue weighted by molar-refractivity contribution is -0.0637. The van der Waals surface area contributed by atoms with Crippen LogP contribution in [-0.4, -0.2) is 20.8 Å². The highest BCUT2D eigenvalue weighted by Crippen LogP contribution is 2.41. The van der Waals surface area contributed by atoms with E-state index in [-0.39, 0.29) is 18.8 Å². The van der Waals surface area contributed by atoms with Crippen LogP contribution in [0.2, 0.25) is 0 Å². The number of aryl methyl sites for hydroxylation is 1. The van der Waals surface area contributed by atoms with Crippen LogP contribution in [0.15, 0.2) is 12.3 Å². The molecule has 1 aromatic rings. The molecule has 0 bridgehead atoms. The van der Waals surface area contributed by atoms with Crippen molar-refractivity contribution in [1.82, 2.24) is 9.78 Å². The second-order valence-electron chi connectivity index (χ2n) is 5.12. The van der Waals surface area contributed by atoms with Gasteiger partial charge in [0.2, 0.25) is 5.92 Å². The predicted octanol–water partition coefficient (Wildman–Crippen LogP) is 3.15. The van der Waals surface area contributed by atoms with Crippen LogP contribution in [0.5, 0.6) is 0 Å². The molecule has 1 aliphatic carbocycles. The highest BCUT2D eigenvalue weighted by Gasteiger charge is 2.38. The summed E-state index contributed by atoms with van der Waals surface area (Å²) in [5.41, 5.74) is 0.757. The lowest BCUT2D eigenvalue weighted by atomic mass is 9.82. The molecule has 102 valence electrons. The molecule has 1 saturated carbocycles. The first kappa shape index (κ1) is 13.5. The number of alkyl halides is 2. The molecular formula is C13H20F2N2O. The highest BCUT2D eigenvalue weighted by atomic mass is 19.3. The van der Waals surface area contributed by atoms with E-state index in [2.05, 4.69) is 5.10 Å². The maximum absolute atomic E-state index is 13.1. The van der Waals surface area contributed by atoms with Crippen molar-refractivity contribution in [3.05, 3.63) is 18.0 Å². The third kappa shape index (κ3) is 2.88. The molecule has 1 unspecified atom stereocenters. The van der Waals surface area contributed by atoms with Gasteiger partial charge in [0.15, 0.2) is 0 Å². The van der Waals surface area contributed by atoms with Gasteiger partial charge in [-0.2, -0.15) is 5.10 Å². The lowest BCUT2D eigenvalue weighted by Gasteiger charge is -2.31. The van der Waals surface area contributed by atoms with Gasteiger partial charge in [-0.15, -0.1) is 0 Å². The summed E-state index contributed by atoms with van der Waals surface area (Å²) < 4.78 is 27.9. The van der Waals surface area contributed by atoms with Crippen LogP contribution >= 0.6 is 0 Å². The third-order valence-corrected chi connectivity index (χ3v) is 3.70. The lowest BCUT2D eigenvalue weighted by Crippen LogP contribution is -2.28. The Labute approximate surface area is 106 Å². The van der Waals surface area contributed by atoms with Gasteiger partial charge in [-0.25, -0.2) is 8.78 Å². The van der Waals surface area contributed by atoms with E-state index < -0.39 is 12.0 Å². The van der Waals surface area contributed by atoms with Crippen LogP contribution in [0, 0.1) is 5.92 Å². The van der Waals surface area contributed by atoms with Gasteiger partial charge in [-0.1, -0.05) is 6.92 Å². The standard InChI is InChI=1S/C13H20F2N2O/c1-2-9-17-11(5-8-16-17)12(18)10-3-6-13(14,15)7-4-10/h5,8,10,12,18H,2-4,6-7,9H2,1H3. The smallest absolute Gasteiger partial charge is 0.248 e. The molecule has 3 nitrogen and oxygen atoms in total. The number of aliphatic hydroxyl groups excluding tert-OH is 1. The molecular weight excluding hydrogens is 238 g/mol. The van der Waals surface area contributed by atoms with Gasteiger partial charge in [0.25, 0.3) is 0 Å². The van der Waals surface area contributed by atoms with E-state index in [1.165, 1.54) is 0 Å². The molecule has 0 amide bonds. The van der Waals surface area contributed by atoms with Crippen molar-refractivity contribution < 1.29 is 13.9 Å². The number of rotatable bonds is 4. The third-order valence-electron chi connectivity index (χ3n) is 3.70. The van der Waals surface area contributed by atoms with Gasteiger partial charge in [0.05, 0.1) is 11.8 Å². The van der Waals surface area contributed by atoms with Gasteiger partial charge in [0.1, 0.15) is 0 Å². The first-order chi connectivity index (χ1) is 8.53. The summed E-state index contributed by atoms with van der Waals surface area (Å²) in [5.74, 6) is -2.61. The van der Waals surface area contributed by atoms with Crippen molar-refractivity contribution in [2.45, 2.75) is 57.6 Å². The Morgan fingerprint density at radius 3 is 2.78 bits per heavy atom. The predicted molar refractivity (Wildman–Crippen MR) is 64.4 cm³/mol. The molecule has 1 N–H and O–H groups in total. The molecule has 5 heteroatoms. The van der Waals surface area contributed by atoms with Crippen LogP contribution in [0.25, 0.3) is 0 Å². The van der Waals surface area contributed by atoms with Gasteiger partial charge in [-0.05, 0) is 31.2 Å². The van der Waals surface area contributed by atoms with E-state index >= 15 is 0 Å². The summed E-state index contributed by atoms with van der Waals surface area (Å²) in [4.78, 5) is 0. The molecule has 0 radical (unpaired) electrons. The van der Waals surface area contributed by atoms with Gasteiger partial charge in [-0.3, -0.25) is 4.68 Å². The minimum absolute atomic E-state index is 0.0723. The minimum atomic E-state index is -2.54. The second kappa shape index (κ2) is 5.34. The molecule has 0 spiro atoms. The topological polar surface area (TPSA) is 38.0 Å². The zero-order chi connectivity index (χ0) is 13.2. The molecule has 1 fully saturated rings. The Balaban J connectivity index is 2.03. The van der Waals surface area contributed by atoms with E-state index in [1.54, 1.807) is 16.9 Å². The van der Waals surface area contributed by atoms with Crippen molar-refractivity contribution >= 4 is 0 Å². The van der Waals surface area contributed by atoms with E-state index in [1.807, 2.05) is 6.92 Å². The maximum atomic E-state index is 13.1. The van der Waals surface area contributed by atoms with E-state index in [9.17, 15) is 13.9 Å². The zero-order valence-corrected chi connectivity index (χ0v) is 10.6. The van der Waals surface area contributed by atoms with Crippen molar-refractivity contribution in [3.63, 3.8) is 0 Å². The van der Waals surface area contributed by atoms with Crippen molar-refractivity contribution in [2.75, 3.05) is 0 Å². The fourth-order valence-electron chi connectivity index (χ4n) is 2.61. The summed E-state index contributed by atoms with van der Waals surface area (Å²) in [6, 6.07) is 1.78. The normalized spacial score (nSPS) is 22.0. The summed E-state index contributed by atoms with van der Waals surface area (Å²) in [6.45, 7) is 2.79. The number of nitrogens with zero attached hydrogens (tertiary/aromatic N) is 2. The fraction of sp³-hybridized carbons (Fsp3) is 0.769. The molecule has 0 aromatic carbocycles. The van der Waals surface area contributed by atoms with Crippen molar-refractivity contribution in [3.8, 4) is 0 Å². The van der Waals surface area contributed by atoms with Crippen LogP contribution in [-0.2, 0) is 6.54 Å².